The average molecular weight is 407 g/mol. The SMILES string of the molecule is COc1ccccc1-c1nc(C)c(CC(=O)OCc2ccc3c(c2)ncn3C)s1. The molecule has 0 aliphatic heterocycles. The molecule has 0 bridgehead atoms. The lowest BCUT2D eigenvalue weighted by atomic mass is 10.2. The van der Waals surface area contributed by atoms with Crippen LogP contribution in [0.3, 0.4) is 0 Å². The number of carbonyl (C=O) groups is 1. The topological polar surface area (TPSA) is 66.2 Å². The Bertz CT molecular complexity index is 1180. The van der Waals surface area contributed by atoms with Gasteiger partial charge in [0.1, 0.15) is 17.4 Å². The molecule has 0 spiro atoms. The zero-order valence-corrected chi connectivity index (χ0v) is 17.3. The zero-order valence-electron chi connectivity index (χ0n) is 16.5. The van der Waals surface area contributed by atoms with E-state index in [1.807, 2.05) is 61.0 Å². The first-order valence-electron chi connectivity index (χ1n) is 9.20. The van der Waals surface area contributed by atoms with E-state index in [1.54, 1.807) is 13.4 Å². The molecule has 2 heterocycles. The van der Waals surface area contributed by atoms with Crippen LogP contribution in [0.5, 0.6) is 5.75 Å². The first-order chi connectivity index (χ1) is 14.0. The third-order valence-corrected chi connectivity index (χ3v) is 5.92. The molecular formula is C22H21N3O3S. The minimum absolute atomic E-state index is 0.199. The Morgan fingerprint density at radius 2 is 2.03 bits per heavy atom. The molecule has 0 unspecified atom stereocenters. The molecule has 4 rings (SSSR count). The van der Waals surface area contributed by atoms with Crippen LogP contribution in [-0.2, 0) is 29.6 Å². The number of ether oxygens (including phenoxy) is 2. The number of aryl methyl sites for hydroxylation is 2. The summed E-state index contributed by atoms with van der Waals surface area (Å²) < 4.78 is 12.9. The van der Waals surface area contributed by atoms with Crippen molar-refractivity contribution in [3.05, 3.63) is 64.9 Å². The maximum atomic E-state index is 12.4. The number of para-hydroxylation sites is 1. The Morgan fingerprint density at radius 1 is 1.21 bits per heavy atom. The molecule has 6 nitrogen and oxygen atoms in total. The third kappa shape index (κ3) is 4.00. The molecule has 4 aromatic rings. The highest BCUT2D eigenvalue weighted by molar-refractivity contribution is 7.15. The van der Waals surface area contributed by atoms with E-state index >= 15 is 0 Å². The average Bonchev–Trinajstić information content (AvgIpc) is 3.28. The highest BCUT2D eigenvalue weighted by atomic mass is 32.1. The van der Waals surface area contributed by atoms with E-state index in [9.17, 15) is 4.79 Å². The number of fused-ring (bicyclic) bond motifs is 1. The summed E-state index contributed by atoms with van der Waals surface area (Å²) in [7, 11) is 3.59. The highest BCUT2D eigenvalue weighted by Crippen LogP contribution is 2.34. The smallest absolute Gasteiger partial charge is 0.311 e. The lowest BCUT2D eigenvalue weighted by Crippen LogP contribution is -2.07. The molecule has 2 aromatic carbocycles. The molecular weight excluding hydrogens is 386 g/mol. The minimum Gasteiger partial charge on any atom is -0.496 e. The van der Waals surface area contributed by atoms with Gasteiger partial charge in [0.15, 0.2) is 0 Å². The second-order valence-corrected chi connectivity index (χ2v) is 7.83. The fourth-order valence-corrected chi connectivity index (χ4v) is 4.22. The van der Waals surface area contributed by atoms with Crippen LogP contribution in [0.4, 0.5) is 0 Å². The van der Waals surface area contributed by atoms with Crippen LogP contribution in [-0.4, -0.2) is 27.6 Å². The molecule has 0 amide bonds. The van der Waals surface area contributed by atoms with E-state index in [2.05, 4.69) is 9.97 Å². The van der Waals surface area contributed by atoms with E-state index in [1.165, 1.54) is 11.3 Å². The molecule has 0 radical (unpaired) electrons. The van der Waals surface area contributed by atoms with Crippen LogP contribution in [0.25, 0.3) is 21.6 Å². The summed E-state index contributed by atoms with van der Waals surface area (Å²) in [5, 5.41) is 0.836. The fraction of sp³-hybridized carbons (Fsp3) is 0.227. The molecule has 0 saturated heterocycles. The highest BCUT2D eigenvalue weighted by Gasteiger charge is 2.16. The standard InChI is InChI=1S/C22H21N3O3S/c1-14-20(29-22(24-14)16-6-4-5-7-19(16)27-3)11-21(26)28-12-15-8-9-18-17(10-15)23-13-25(18)2/h4-10,13H,11-12H2,1-3H3. The van der Waals surface area contributed by atoms with Crippen molar-refractivity contribution in [1.29, 1.82) is 0 Å². The number of imidazole rings is 1. The van der Waals surface area contributed by atoms with Gasteiger partial charge in [-0.3, -0.25) is 4.79 Å². The van der Waals surface area contributed by atoms with Crippen molar-refractivity contribution in [2.75, 3.05) is 7.11 Å². The lowest BCUT2D eigenvalue weighted by Gasteiger charge is -2.05. The van der Waals surface area contributed by atoms with E-state index in [4.69, 9.17) is 9.47 Å². The van der Waals surface area contributed by atoms with Gasteiger partial charge in [-0.25, -0.2) is 9.97 Å². The maximum Gasteiger partial charge on any atom is 0.311 e. The molecule has 7 heteroatoms. The van der Waals surface area contributed by atoms with Crippen LogP contribution in [0, 0.1) is 6.92 Å². The van der Waals surface area contributed by atoms with Crippen LogP contribution in [0.1, 0.15) is 16.1 Å². The van der Waals surface area contributed by atoms with Gasteiger partial charge < -0.3 is 14.0 Å². The van der Waals surface area contributed by atoms with Gasteiger partial charge in [0.25, 0.3) is 0 Å². The lowest BCUT2D eigenvalue weighted by molar-refractivity contribution is -0.144. The van der Waals surface area contributed by atoms with Crippen LogP contribution in [0.2, 0.25) is 0 Å². The van der Waals surface area contributed by atoms with Gasteiger partial charge in [-0.1, -0.05) is 18.2 Å². The van der Waals surface area contributed by atoms with Gasteiger partial charge in [0.2, 0.25) is 0 Å². The second kappa shape index (κ2) is 8.05. The number of aromatic nitrogens is 3. The summed E-state index contributed by atoms with van der Waals surface area (Å²) in [6.07, 6.45) is 1.97. The molecule has 29 heavy (non-hydrogen) atoms. The van der Waals surface area contributed by atoms with Gasteiger partial charge in [-0.05, 0) is 36.8 Å². The molecule has 148 valence electrons. The van der Waals surface area contributed by atoms with Crippen LogP contribution in [0.15, 0.2) is 48.8 Å². The molecule has 0 aliphatic carbocycles. The monoisotopic (exact) mass is 407 g/mol. The van der Waals surface area contributed by atoms with E-state index in [0.29, 0.717) is 0 Å². The van der Waals surface area contributed by atoms with Gasteiger partial charge in [-0.15, -0.1) is 11.3 Å². The summed E-state index contributed by atoms with van der Waals surface area (Å²) in [5.74, 6) is 0.490. The fourth-order valence-electron chi connectivity index (χ4n) is 3.15. The van der Waals surface area contributed by atoms with E-state index in [0.717, 1.165) is 43.5 Å². The number of hydrogen-bond acceptors (Lipinski definition) is 6. The van der Waals surface area contributed by atoms with Gasteiger partial charge >= 0.3 is 5.97 Å². The largest absolute Gasteiger partial charge is 0.496 e. The molecule has 0 fully saturated rings. The predicted octanol–water partition coefficient (Wildman–Crippen LogP) is 4.30. The number of methoxy groups -OCH3 is 1. The van der Waals surface area contributed by atoms with Crippen LogP contribution >= 0.6 is 11.3 Å². The van der Waals surface area contributed by atoms with Crippen molar-refractivity contribution in [2.24, 2.45) is 7.05 Å². The van der Waals surface area contributed by atoms with Crippen molar-refractivity contribution in [2.45, 2.75) is 20.0 Å². The minimum atomic E-state index is -0.274. The first-order valence-corrected chi connectivity index (χ1v) is 10.0. The molecule has 0 saturated carbocycles. The number of benzene rings is 2. The summed E-state index contributed by atoms with van der Waals surface area (Å²) in [6, 6.07) is 13.6. The zero-order chi connectivity index (χ0) is 20.4. The Kier molecular flexibility index (Phi) is 5.31. The number of carbonyl (C=O) groups excluding carboxylic acids is 1. The van der Waals surface area contributed by atoms with Crippen LogP contribution < -0.4 is 4.74 Å². The molecule has 0 N–H and O–H groups in total. The van der Waals surface area contributed by atoms with Crippen molar-refractivity contribution >= 4 is 28.3 Å². The number of rotatable bonds is 6. The summed E-state index contributed by atoms with van der Waals surface area (Å²) >= 11 is 1.49. The maximum absolute atomic E-state index is 12.4. The van der Waals surface area contributed by atoms with Crippen molar-refractivity contribution < 1.29 is 14.3 Å². The van der Waals surface area contributed by atoms with Crippen molar-refractivity contribution in [3.63, 3.8) is 0 Å². The second-order valence-electron chi connectivity index (χ2n) is 6.74. The van der Waals surface area contributed by atoms with Crippen molar-refractivity contribution in [3.8, 4) is 16.3 Å². The number of esters is 1. The Labute approximate surface area is 172 Å². The normalized spacial score (nSPS) is 11.0. The summed E-state index contributed by atoms with van der Waals surface area (Å²) in [5.41, 5.74) is 4.61. The van der Waals surface area contributed by atoms with E-state index < -0.39 is 0 Å². The van der Waals surface area contributed by atoms with E-state index in [-0.39, 0.29) is 19.0 Å². The molecule has 2 aromatic heterocycles. The quantitative estimate of drug-likeness (QED) is 0.446. The van der Waals surface area contributed by atoms with Gasteiger partial charge in [0, 0.05) is 11.9 Å². The number of thiazole rings is 1. The summed E-state index contributed by atoms with van der Waals surface area (Å²) in [6.45, 7) is 2.13. The molecule has 0 aliphatic rings. The number of nitrogens with zero attached hydrogens (tertiary/aromatic N) is 3. The Balaban J connectivity index is 1.43. The third-order valence-electron chi connectivity index (χ3n) is 4.72. The Morgan fingerprint density at radius 3 is 2.86 bits per heavy atom. The van der Waals surface area contributed by atoms with Gasteiger partial charge in [-0.2, -0.15) is 0 Å². The first kappa shape index (κ1) is 19.1. The number of hydrogen-bond donors (Lipinski definition) is 0. The summed E-state index contributed by atoms with van der Waals surface area (Å²) in [4.78, 5) is 22.2. The van der Waals surface area contributed by atoms with Crippen molar-refractivity contribution in [1.82, 2.24) is 14.5 Å². The predicted molar refractivity (Wildman–Crippen MR) is 113 cm³/mol. The Hall–Kier alpha value is -3.19. The molecule has 0 atom stereocenters. The van der Waals surface area contributed by atoms with Gasteiger partial charge in [0.05, 0.1) is 42.1 Å².